The van der Waals surface area contributed by atoms with Crippen molar-refractivity contribution in [3.8, 4) is 11.8 Å². The molecule has 0 aliphatic heterocycles. The molecule has 0 heterocycles. The van der Waals surface area contributed by atoms with Crippen molar-refractivity contribution in [2.75, 3.05) is 5.32 Å². The fourth-order valence-corrected chi connectivity index (χ4v) is 3.53. The second kappa shape index (κ2) is 10.3. The second-order valence-electron chi connectivity index (χ2n) is 6.60. The molecular weight excluding hydrogens is 511 g/mol. The molecule has 0 atom stereocenters. The highest BCUT2D eigenvalue weighted by Crippen LogP contribution is 2.25. The maximum absolute atomic E-state index is 12.4. The van der Waals surface area contributed by atoms with E-state index in [1.165, 1.54) is 5.56 Å². The Balaban J connectivity index is 1.70. The summed E-state index contributed by atoms with van der Waals surface area (Å²) in [6.07, 6.45) is 1.55. The van der Waals surface area contributed by atoms with Gasteiger partial charge in [0.05, 0.1) is 3.57 Å². The van der Waals surface area contributed by atoms with Crippen LogP contribution in [-0.2, 0) is 11.4 Å². The lowest BCUT2D eigenvalue weighted by Gasteiger charge is -2.10. The molecule has 6 heteroatoms. The molecule has 3 aromatic rings. The van der Waals surface area contributed by atoms with Gasteiger partial charge < -0.3 is 10.1 Å². The van der Waals surface area contributed by atoms with Crippen molar-refractivity contribution >= 4 is 51.9 Å². The molecule has 30 heavy (non-hydrogen) atoms. The molecule has 0 aromatic heterocycles. The lowest BCUT2D eigenvalue weighted by Crippen LogP contribution is -2.13. The summed E-state index contributed by atoms with van der Waals surface area (Å²) in [5, 5.41) is 12.6. The molecule has 150 valence electrons. The van der Waals surface area contributed by atoms with E-state index in [0.717, 1.165) is 20.4 Å². The number of halogens is 2. The van der Waals surface area contributed by atoms with E-state index in [0.29, 0.717) is 17.3 Å². The van der Waals surface area contributed by atoms with Crippen molar-refractivity contribution in [2.45, 2.75) is 13.5 Å². The zero-order valence-corrected chi connectivity index (χ0v) is 19.1. The molecule has 1 N–H and O–H groups in total. The van der Waals surface area contributed by atoms with Gasteiger partial charge in [0.15, 0.2) is 0 Å². The number of rotatable bonds is 6. The van der Waals surface area contributed by atoms with Gasteiger partial charge >= 0.3 is 0 Å². The number of carbonyl (C=O) groups is 1. The highest BCUT2D eigenvalue weighted by atomic mass is 127. The number of nitrogens with one attached hydrogen (secondary N) is 1. The first-order valence-corrected chi connectivity index (χ1v) is 10.6. The van der Waals surface area contributed by atoms with Crippen LogP contribution < -0.4 is 10.1 Å². The topological polar surface area (TPSA) is 62.1 Å². The van der Waals surface area contributed by atoms with Crippen LogP contribution in [-0.4, -0.2) is 5.91 Å². The molecule has 1 amide bonds. The van der Waals surface area contributed by atoms with Crippen LogP contribution in [0.1, 0.15) is 16.7 Å². The summed E-state index contributed by atoms with van der Waals surface area (Å²) in [5.41, 5.74) is 3.56. The van der Waals surface area contributed by atoms with Gasteiger partial charge in [-0.3, -0.25) is 4.79 Å². The third kappa shape index (κ3) is 6.09. The number of nitriles is 1. The molecule has 4 nitrogen and oxygen atoms in total. The highest BCUT2D eigenvalue weighted by Gasteiger charge is 2.11. The summed E-state index contributed by atoms with van der Waals surface area (Å²) in [7, 11) is 0. The number of anilines is 1. The van der Waals surface area contributed by atoms with E-state index in [2.05, 4.69) is 40.0 Å². The molecule has 0 fully saturated rings. The minimum absolute atomic E-state index is 0.000834. The van der Waals surface area contributed by atoms with Gasteiger partial charge in [-0.05, 0) is 77.0 Å². The maximum Gasteiger partial charge on any atom is 0.266 e. The predicted octanol–water partition coefficient (Wildman–Crippen LogP) is 6.38. The Morgan fingerprint density at radius 2 is 1.93 bits per heavy atom. The molecule has 0 aliphatic rings. The summed E-state index contributed by atoms with van der Waals surface area (Å²) < 4.78 is 6.79. The molecule has 3 aromatic carbocycles. The second-order valence-corrected chi connectivity index (χ2v) is 8.20. The van der Waals surface area contributed by atoms with Crippen molar-refractivity contribution in [2.24, 2.45) is 0 Å². The van der Waals surface area contributed by atoms with Crippen LogP contribution in [0.4, 0.5) is 5.69 Å². The largest absolute Gasteiger partial charge is 0.488 e. The lowest BCUT2D eigenvalue weighted by atomic mass is 10.1. The first-order valence-electron chi connectivity index (χ1n) is 9.11. The van der Waals surface area contributed by atoms with E-state index < -0.39 is 5.91 Å². The van der Waals surface area contributed by atoms with Crippen LogP contribution in [0.5, 0.6) is 5.75 Å². The Bertz CT molecular complexity index is 1130. The molecular formula is C24H18ClIN2O2. The number of aryl methyl sites for hydroxylation is 1. The van der Waals surface area contributed by atoms with Crippen molar-refractivity contribution in [3.63, 3.8) is 0 Å². The van der Waals surface area contributed by atoms with Crippen LogP contribution >= 0.6 is 34.2 Å². The van der Waals surface area contributed by atoms with Crippen LogP contribution in [0.15, 0.2) is 72.3 Å². The minimum atomic E-state index is -0.491. The smallest absolute Gasteiger partial charge is 0.266 e. The summed E-state index contributed by atoms with van der Waals surface area (Å²) >= 11 is 8.11. The predicted molar refractivity (Wildman–Crippen MR) is 128 cm³/mol. The lowest BCUT2D eigenvalue weighted by molar-refractivity contribution is -0.112. The van der Waals surface area contributed by atoms with Crippen LogP contribution in [0.3, 0.4) is 0 Å². The standard InChI is InChI=1S/C24H18ClIN2O2/c1-16-5-7-17(8-6-16)15-30-23-10-9-18(12-22(23)26)11-19(14-27)24(29)28-21-4-2-3-20(25)13-21/h2-13H,15H2,1H3,(H,28,29)/b19-11+. The quantitative estimate of drug-likeness (QED) is 0.229. The average molecular weight is 529 g/mol. The van der Waals surface area contributed by atoms with Gasteiger partial charge in [0, 0.05) is 10.7 Å². The number of nitrogens with zero attached hydrogens (tertiary/aromatic N) is 1. The Hall–Kier alpha value is -2.82. The van der Waals surface area contributed by atoms with Gasteiger partial charge in [-0.1, -0.05) is 53.6 Å². The normalized spacial score (nSPS) is 10.9. The fraction of sp³-hybridized carbons (Fsp3) is 0.0833. The van der Waals surface area contributed by atoms with Gasteiger partial charge in [0.2, 0.25) is 0 Å². The molecule has 0 radical (unpaired) electrons. The van der Waals surface area contributed by atoms with E-state index in [9.17, 15) is 10.1 Å². The van der Waals surface area contributed by atoms with E-state index in [4.69, 9.17) is 16.3 Å². The fourth-order valence-electron chi connectivity index (χ4n) is 2.65. The number of amides is 1. The molecule has 0 bridgehead atoms. The summed E-state index contributed by atoms with van der Waals surface area (Å²) in [5.74, 6) is 0.254. The third-order valence-electron chi connectivity index (χ3n) is 4.23. The van der Waals surface area contributed by atoms with Gasteiger partial charge in [0.1, 0.15) is 24.0 Å². The Morgan fingerprint density at radius 3 is 2.60 bits per heavy atom. The SMILES string of the molecule is Cc1ccc(COc2ccc(/C=C(\C#N)C(=O)Nc3cccc(Cl)c3)cc2I)cc1. The molecule has 0 unspecified atom stereocenters. The highest BCUT2D eigenvalue weighted by molar-refractivity contribution is 14.1. The van der Waals surface area contributed by atoms with Crippen molar-refractivity contribution < 1.29 is 9.53 Å². The first kappa shape index (κ1) is 21.9. The summed E-state index contributed by atoms with van der Waals surface area (Å²) in [4.78, 5) is 12.4. The van der Waals surface area contributed by atoms with Crippen molar-refractivity contribution in [1.29, 1.82) is 5.26 Å². The van der Waals surface area contributed by atoms with E-state index >= 15 is 0 Å². The van der Waals surface area contributed by atoms with Crippen LogP contribution in [0.2, 0.25) is 5.02 Å². The van der Waals surface area contributed by atoms with Gasteiger partial charge in [-0.15, -0.1) is 0 Å². The van der Waals surface area contributed by atoms with Crippen LogP contribution in [0, 0.1) is 21.8 Å². The zero-order chi connectivity index (χ0) is 21.5. The molecule has 0 saturated heterocycles. The first-order chi connectivity index (χ1) is 14.4. The number of benzene rings is 3. The third-order valence-corrected chi connectivity index (χ3v) is 5.31. The summed E-state index contributed by atoms with van der Waals surface area (Å²) in [6, 6.07) is 22.4. The number of carbonyl (C=O) groups excluding carboxylic acids is 1. The van der Waals surface area contributed by atoms with Crippen LogP contribution in [0.25, 0.3) is 6.08 Å². The number of hydrogen-bond donors (Lipinski definition) is 1. The Morgan fingerprint density at radius 1 is 1.17 bits per heavy atom. The van der Waals surface area contributed by atoms with Gasteiger partial charge in [0.25, 0.3) is 5.91 Å². The van der Waals surface area contributed by atoms with E-state index in [-0.39, 0.29) is 5.57 Å². The van der Waals surface area contributed by atoms with Crippen molar-refractivity contribution in [3.05, 3.63) is 97.6 Å². The minimum Gasteiger partial charge on any atom is -0.488 e. The molecule has 0 aliphatic carbocycles. The molecule has 0 saturated carbocycles. The monoisotopic (exact) mass is 528 g/mol. The Kier molecular flexibility index (Phi) is 7.50. The molecule has 3 rings (SSSR count). The van der Waals surface area contributed by atoms with Gasteiger partial charge in [-0.25, -0.2) is 0 Å². The van der Waals surface area contributed by atoms with Crippen molar-refractivity contribution in [1.82, 2.24) is 0 Å². The van der Waals surface area contributed by atoms with E-state index in [1.54, 1.807) is 30.3 Å². The maximum atomic E-state index is 12.4. The number of hydrogen-bond acceptors (Lipinski definition) is 3. The Labute approximate surface area is 194 Å². The molecule has 0 spiro atoms. The zero-order valence-electron chi connectivity index (χ0n) is 16.2. The average Bonchev–Trinajstić information content (AvgIpc) is 2.72. The van der Waals surface area contributed by atoms with Gasteiger partial charge in [-0.2, -0.15) is 5.26 Å². The summed E-state index contributed by atoms with van der Waals surface area (Å²) in [6.45, 7) is 2.52. The number of ether oxygens (including phenoxy) is 1. The van der Waals surface area contributed by atoms with E-state index in [1.807, 2.05) is 43.3 Å².